The van der Waals surface area contributed by atoms with E-state index in [1.54, 1.807) is 6.07 Å². The third-order valence-corrected chi connectivity index (χ3v) is 5.03. The van der Waals surface area contributed by atoms with E-state index in [0.717, 1.165) is 43.7 Å². The van der Waals surface area contributed by atoms with Crippen LogP contribution in [0.25, 0.3) is 0 Å². The molecule has 0 radical (unpaired) electrons. The van der Waals surface area contributed by atoms with Gasteiger partial charge in [-0.1, -0.05) is 6.07 Å². The van der Waals surface area contributed by atoms with Crippen molar-refractivity contribution in [1.29, 1.82) is 0 Å². The lowest BCUT2D eigenvalue weighted by molar-refractivity contribution is -0.141. The van der Waals surface area contributed by atoms with Crippen LogP contribution in [0.1, 0.15) is 43.1 Å². The Hall–Kier alpha value is -2.05. The Morgan fingerprint density at radius 1 is 1.16 bits per heavy atom. The number of pyridine rings is 1. The van der Waals surface area contributed by atoms with Crippen molar-refractivity contribution in [2.75, 3.05) is 18.0 Å². The minimum Gasteiger partial charge on any atom is -0.356 e. The maximum Gasteiger partial charge on any atom is 0.433 e. The fraction of sp³-hybridized carbons (Fsp3) is 0.556. The highest BCUT2D eigenvalue weighted by atomic mass is 19.4. The molecule has 0 aromatic carbocycles. The van der Waals surface area contributed by atoms with Crippen molar-refractivity contribution < 1.29 is 13.2 Å². The Morgan fingerprint density at radius 3 is 2.76 bits per heavy atom. The number of anilines is 1. The monoisotopic (exact) mass is 350 g/mol. The Balaban J connectivity index is 1.52. The van der Waals surface area contributed by atoms with Gasteiger partial charge in [0.1, 0.15) is 17.3 Å². The molecule has 4 nitrogen and oxygen atoms in total. The molecule has 0 amide bonds. The Kier molecular flexibility index (Phi) is 4.17. The number of halogens is 3. The van der Waals surface area contributed by atoms with Crippen molar-refractivity contribution in [3.63, 3.8) is 0 Å². The van der Waals surface area contributed by atoms with Crippen molar-refractivity contribution in [2.24, 2.45) is 5.92 Å². The topological polar surface area (TPSA) is 34.0 Å². The molecule has 1 aliphatic carbocycles. The van der Waals surface area contributed by atoms with Crippen molar-refractivity contribution >= 4 is 5.82 Å². The van der Waals surface area contributed by atoms with E-state index in [1.165, 1.54) is 18.9 Å². The summed E-state index contributed by atoms with van der Waals surface area (Å²) in [6.07, 6.45) is 3.95. The first kappa shape index (κ1) is 16.4. The molecule has 1 saturated carbocycles. The molecule has 1 aliphatic heterocycles. The molecular formula is C18H21F3N4. The van der Waals surface area contributed by atoms with Crippen LogP contribution in [0, 0.1) is 5.92 Å². The number of rotatable bonds is 4. The van der Waals surface area contributed by atoms with Gasteiger partial charge in [0.2, 0.25) is 0 Å². The van der Waals surface area contributed by atoms with Crippen LogP contribution in [0.2, 0.25) is 0 Å². The summed E-state index contributed by atoms with van der Waals surface area (Å²) >= 11 is 0. The number of hydrogen-bond donors (Lipinski definition) is 0. The fourth-order valence-electron chi connectivity index (χ4n) is 3.57. The summed E-state index contributed by atoms with van der Waals surface area (Å²) in [5.74, 6) is 2.46. The fourth-order valence-corrected chi connectivity index (χ4v) is 3.57. The van der Waals surface area contributed by atoms with Gasteiger partial charge in [-0.15, -0.1) is 0 Å². The standard InChI is InChI=1S/C18H21F3N4/c19-18(20,21)15-4-1-5-16(23-15)24-9-2-3-14(12-24)17-22-8-10-25(17)11-13-6-7-13/h1,4-5,8,10,13-14H,2-3,6-7,9,11-12H2/t14-/m1/s1. The third-order valence-electron chi connectivity index (χ3n) is 5.03. The van der Waals surface area contributed by atoms with Gasteiger partial charge in [0, 0.05) is 37.9 Å². The van der Waals surface area contributed by atoms with E-state index in [4.69, 9.17) is 0 Å². The van der Waals surface area contributed by atoms with Gasteiger partial charge in [0.15, 0.2) is 0 Å². The zero-order valence-corrected chi connectivity index (χ0v) is 13.9. The molecule has 0 N–H and O–H groups in total. The van der Waals surface area contributed by atoms with Crippen molar-refractivity contribution in [2.45, 2.75) is 44.3 Å². The molecule has 134 valence electrons. The maximum absolute atomic E-state index is 12.9. The zero-order valence-electron chi connectivity index (χ0n) is 13.9. The average Bonchev–Trinajstić information content (AvgIpc) is 3.29. The molecular weight excluding hydrogens is 329 g/mol. The Bertz CT molecular complexity index is 736. The molecule has 2 fully saturated rings. The second-order valence-corrected chi connectivity index (χ2v) is 7.05. The quantitative estimate of drug-likeness (QED) is 0.833. The van der Waals surface area contributed by atoms with Crippen LogP contribution in [-0.4, -0.2) is 27.6 Å². The molecule has 0 spiro atoms. The number of imidazole rings is 1. The van der Waals surface area contributed by atoms with Crippen LogP contribution in [0.15, 0.2) is 30.6 Å². The van der Waals surface area contributed by atoms with Gasteiger partial charge in [-0.2, -0.15) is 13.2 Å². The SMILES string of the molecule is FC(F)(F)c1cccc(N2CCC[C@@H](c3nccn3CC3CC3)C2)n1. The largest absolute Gasteiger partial charge is 0.433 e. The minimum absolute atomic E-state index is 0.235. The van der Waals surface area contributed by atoms with E-state index in [1.807, 2.05) is 17.3 Å². The zero-order chi connectivity index (χ0) is 17.4. The molecule has 3 heterocycles. The van der Waals surface area contributed by atoms with Crippen molar-refractivity contribution in [3.8, 4) is 0 Å². The number of hydrogen-bond acceptors (Lipinski definition) is 3. The minimum atomic E-state index is -4.41. The number of nitrogens with zero attached hydrogens (tertiary/aromatic N) is 4. The van der Waals surface area contributed by atoms with Gasteiger partial charge < -0.3 is 9.47 Å². The number of aromatic nitrogens is 3. The second-order valence-electron chi connectivity index (χ2n) is 7.05. The van der Waals surface area contributed by atoms with E-state index in [9.17, 15) is 13.2 Å². The Morgan fingerprint density at radius 2 is 2.00 bits per heavy atom. The number of alkyl halides is 3. The summed E-state index contributed by atoms with van der Waals surface area (Å²) in [6.45, 7) is 2.40. The lowest BCUT2D eigenvalue weighted by Gasteiger charge is -2.33. The van der Waals surface area contributed by atoms with Gasteiger partial charge in [0.25, 0.3) is 0 Å². The molecule has 1 saturated heterocycles. The molecule has 0 bridgehead atoms. The van der Waals surface area contributed by atoms with Crippen LogP contribution in [-0.2, 0) is 12.7 Å². The van der Waals surface area contributed by atoms with Crippen molar-refractivity contribution in [1.82, 2.24) is 14.5 Å². The van der Waals surface area contributed by atoms with Crippen LogP contribution in [0.3, 0.4) is 0 Å². The van der Waals surface area contributed by atoms with E-state index in [-0.39, 0.29) is 5.92 Å². The van der Waals surface area contributed by atoms with E-state index in [2.05, 4.69) is 14.5 Å². The lowest BCUT2D eigenvalue weighted by Crippen LogP contribution is -2.36. The summed E-state index contributed by atoms with van der Waals surface area (Å²) in [6, 6.07) is 4.12. The summed E-state index contributed by atoms with van der Waals surface area (Å²) in [5.41, 5.74) is -0.831. The summed E-state index contributed by atoms with van der Waals surface area (Å²) in [7, 11) is 0. The van der Waals surface area contributed by atoms with E-state index in [0.29, 0.717) is 12.4 Å². The second kappa shape index (κ2) is 6.35. The normalized spacial score (nSPS) is 21.6. The predicted octanol–water partition coefficient (Wildman–Crippen LogP) is 4.09. The van der Waals surface area contributed by atoms with Gasteiger partial charge in [-0.05, 0) is 43.7 Å². The molecule has 1 atom stereocenters. The maximum atomic E-state index is 12.9. The van der Waals surface area contributed by atoms with Gasteiger partial charge in [-0.25, -0.2) is 9.97 Å². The molecule has 4 rings (SSSR count). The molecule has 2 aliphatic rings. The van der Waals surface area contributed by atoms with Crippen LogP contribution < -0.4 is 4.90 Å². The lowest BCUT2D eigenvalue weighted by atomic mass is 9.97. The first-order valence-corrected chi connectivity index (χ1v) is 8.81. The number of piperidine rings is 1. The molecule has 7 heteroatoms. The first-order chi connectivity index (χ1) is 12.0. The molecule has 25 heavy (non-hydrogen) atoms. The average molecular weight is 350 g/mol. The predicted molar refractivity (Wildman–Crippen MR) is 88.4 cm³/mol. The van der Waals surface area contributed by atoms with Crippen molar-refractivity contribution in [3.05, 3.63) is 42.1 Å². The Labute approximate surface area is 144 Å². The summed E-state index contributed by atoms with van der Waals surface area (Å²) in [4.78, 5) is 10.3. The summed E-state index contributed by atoms with van der Waals surface area (Å²) < 4.78 is 41.0. The van der Waals surface area contributed by atoms with Gasteiger partial charge in [0.05, 0.1) is 0 Å². The first-order valence-electron chi connectivity index (χ1n) is 8.81. The molecule has 2 aromatic rings. The van der Waals surface area contributed by atoms with Crippen LogP contribution in [0.5, 0.6) is 0 Å². The molecule has 0 unspecified atom stereocenters. The van der Waals surface area contributed by atoms with E-state index < -0.39 is 11.9 Å². The van der Waals surface area contributed by atoms with Crippen LogP contribution >= 0.6 is 0 Å². The van der Waals surface area contributed by atoms with Crippen LogP contribution in [0.4, 0.5) is 19.0 Å². The third kappa shape index (κ3) is 3.65. The highest BCUT2D eigenvalue weighted by Gasteiger charge is 2.33. The van der Waals surface area contributed by atoms with E-state index >= 15 is 0 Å². The molecule has 2 aromatic heterocycles. The van der Waals surface area contributed by atoms with Gasteiger partial charge >= 0.3 is 6.18 Å². The highest BCUT2D eigenvalue weighted by molar-refractivity contribution is 5.41. The van der Waals surface area contributed by atoms with Gasteiger partial charge in [-0.3, -0.25) is 0 Å². The summed E-state index contributed by atoms with van der Waals surface area (Å²) in [5, 5.41) is 0. The smallest absolute Gasteiger partial charge is 0.356 e. The highest BCUT2D eigenvalue weighted by Crippen LogP contribution is 2.34.